The fourth-order valence-electron chi connectivity index (χ4n) is 4.15. The van der Waals surface area contributed by atoms with Crippen LogP contribution in [0.5, 0.6) is 5.75 Å². The third kappa shape index (κ3) is 4.70. The van der Waals surface area contributed by atoms with E-state index in [1.807, 2.05) is 6.07 Å². The summed E-state index contributed by atoms with van der Waals surface area (Å²) < 4.78 is 34.0. The molecule has 0 bridgehead atoms. The van der Waals surface area contributed by atoms with Crippen molar-refractivity contribution in [2.75, 3.05) is 18.0 Å². The first-order valence-electron chi connectivity index (χ1n) is 10.8. The number of hydrogen-bond donors (Lipinski definition) is 1. The fraction of sp³-hybridized carbons (Fsp3) is 0.333. The Morgan fingerprint density at radius 2 is 1.84 bits per heavy atom. The fourth-order valence-corrected chi connectivity index (χ4v) is 5.79. The molecule has 1 aliphatic rings. The lowest BCUT2D eigenvalue weighted by Gasteiger charge is -2.27. The lowest BCUT2D eigenvalue weighted by molar-refractivity contribution is -0.120. The maximum Gasteiger partial charge on any atom is 0.265 e. The predicted molar refractivity (Wildman–Crippen MR) is 124 cm³/mol. The summed E-state index contributed by atoms with van der Waals surface area (Å²) in [7, 11) is -2.49. The van der Waals surface area contributed by atoms with Crippen molar-refractivity contribution < 1.29 is 17.9 Å². The van der Waals surface area contributed by atoms with Gasteiger partial charge in [0.1, 0.15) is 12.3 Å². The molecule has 8 heteroatoms. The molecule has 1 aromatic heterocycles. The van der Waals surface area contributed by atoms with Crippen LogP contribution in [0.3, 0.4) is 0 Å². The van der Waals surface area contributed by atoms with E-state index in [9.17, 15) is 13.2 Å². The Bertz CT molecular complexity index is 1180. The Morgan fingerprint density at radius 3 is 2.56 bits per heavy atom. The van der Waals surface area contributed by atoms with Crippen molar-refractivity contribution in [1.29, 1.82) is 0 Å². The summed E-state index contributed by atoms with van der Waals surface area (Å²) in [5.41, 5.74) is 0.399. The highest BCUT2D eigenvalue weighted by atomic mass is 32.2. The molecule has 3 aromatic rings. The van der Waals surface area contributed by atoms with Gasteiger partial charge < -0.3 is 10.1 Å². The van der Waals surface area contributed by atoms with Crippen LogP contribution >= 0.6 is 0 Å². The van der Waals surface area contributed by atoms with Gasteiger partial charge in [-0.3, -0.25) is 14.1 Å². The second-order valence-corrected chi connectivity index (χ2v) is 9.80. The van der Waals surface area contributed by atoms with Gasteiger partial charge in [0, 0.05) is 29.2 Å². The van der Waals surface area contributed by atoms with Crippen molar-refractivity contribution in [2.24, 2.45) is 0 Å². The molecular formula is C24H27N3O4S. The van der Waals surface area contributed by atoms with Gasteiger partial charge in [-0.25, -0.2) is 8.42 Å². The Kier molecular flexibility index (Phi) is 6.60. The highest BCUT2D eigenvalue weighted by Crippen LogP contribution is 2.30. The molecule has 1 N–H and O–H groups in total. The number of benzene rings is 2. The van der Waals surface area contributed by atoms with E-state index in [0.29, 0.717) is 16.8 Å². The van der Waals surface area contributed by atoms with Gasteiger partial charge in [-0.1, -0.05) is 31.4 Å². The molecule has 0 spiro atoms. The summed E-state index contributed by atoms with van der Waals surface area (Å²) in [6.07, 6.45) is 8.38. The molecule has 0 saturated heterocycles. The minimum atomic E-state index is -4.03. The summed E-state index contributed by atoms with van der Waals surface area (Å²) >= 11 is 0. The molecule has 168 valence electrons. The average Bonchev–Trinajstić information content (AvgIpc) is 2.83. The van der Waals surface area contributed by atoms with Crippen LogP contribution in [-0.4, -0.2) is 39.0 Å². The van der Waals surface area contributed by atoms with Gasteiger partial charge in [0.15, 0.2) is 0 Å². The van der Waals surface area contributed by atoms with E-state index < -0.39 is 10.0 Å². The number of nitrogens with zero attached hydrogens (tertiary/aromatic N) is 2. The van der Waals surface area contributed by atoms with Crippen LogP contribution in [-0.2, 0) is 14.8 Å². The molecule has 4 rings (SSSR count). The smallest absolute Gasteiger partial charge is 0.265 e. The number of methoxy groups -OCH3 is 1. The second kappa shape index (κ2) is 9.56. The standard InChI is InChI=1S/C24H27N3O4S/c1-31-21-12-10-20(11-13-21)27(17-24(28)26-19-7-3-2-4-8-19)32(29,30)23-9-5-6-18-16-25-15-14-22(18)23/h5-6,9-16,19H,2-4,7-8,17H2,1H3,(H,26,28). The topological polar surface area (TPSA) is 88.6 Å². The number of aromatic nitrogens is 1. The quantitative estimate of drug-likeness (QED) is 0.586. The van der Waals surface area contributed by atoms with E-state index in [2.05, 4.69) is 10.3 Å². The zero-order valence-electron chi connectivity index (χ0n) is 18.0. The van der Waals surface area contributed by atoms with Crippen molar-refractivity contribution >= 4 is 32.4 Å². The average molecular weight is 454 g/mol. The predicted octanol–water partition coefficient (Wildman–Crippen LogP) is 3.89. The van der Waals surface area contributed by atoms with Gasteiger partial charge in [0.2, 0.25) is 5.91 Å². The molecule has 1 heterocycles. The Hall–Kier alpha value is -3.13. The molecule has 7 nitrogen and oxygen atoms in total. The van der Waals surface area contributed by atoms with Gasteiger partial charge in [-0.15, -0.1) is 0 Å². The number of carbonyl (C=O) groups excluding carboxylic acids is 1. The third-order valence-electron chi connectivity index (χ3n) is 5.83. The minimum Gasteiger partial charge on any atom is -0.497 e. The third-order valence-corrected chi connectivity index (χ3v) is 7.66. The highest BCUT2D eigenvalue weighted by Gasteiger charge is 2.29. The molecule has 1 saturated carbocycles. The number of pyridine rings is 1. The number of nitrogens with one attached hydrogen (secondary N) is 1. The minimum absolute atomic E-state index is 0.0975. The van der Waals surface area contributed by atoms with Crippen LogP contribution in [0.25, 0.3) is 10.8 Å². The van der Waals surface area contributed by atoms with Crippen LogP contribution in [0.1, 0.15) is 32.1 Å². The molecule has 0 radical (unpaired) electrons. The van der Waals surface area contributed by atoms with Crippen LogP contribution in [0.4, 0.5) is 5.69 Å². The number of ether oxygens (including phenoxy) is 1. The number of fused-ring (bicyclic) bond motifs is 1. The summed E-state index contributed by atoms with van der Waals surface area (Å²) in [5.74, 6) is 0.298. The number of hydrogen-bond acceptors (Lipinski definition) is 5. The molecule has 0 aliphatic heterocycles. The molecule has 1 aliphatic carbocycles. The molecular weight excluding hydrogens is 426 g/mol. The van der Waals surface area contributed by atoms with Gasteiger partial charge in [0.05, 0.1) is 17.7 Å². The van der Waals surface area contributed by atoms with Gasteiger partial charge in [-0.2, -0.15) is 0 Å². The molecule has 0 unspecified atom stereocenters. The van der Waals surface area contributed by atoms with E-state index in [4.69, 9.17) is 4.74 Å². The number of rotatable bonds is 7. The van der Waals surface area contributed by atoms with Crippen molar-refractivity contribution in [3.05, 3.63) is 60.9 Å². The number of sulfonamides is 1. The largest absolute Gasteiger partial charge is 0.497 e. The zero-order chi connectivity index (χ0) is 22.6. The maximum absolute atomic E-state index is 13.8. The van der Waals surface area contributed by atoms with E-state index in [1.54, 1.807) is 62.0 Å². The number of anilines is 1. The highest BCUT2D eigenvalue weighted by molar-refractivity contribution is 7.93. The van der Waals surface area contributed by atoms with Crippen LogP contribution in [0.2, 0.25) is 0 Å². The molecule has 0 atom stereocenters. The first kappa shape index (κ1) is 22.1. The first-order chi connectivity index (χ1) is 15.5. The zero-order valence-corrected chi connectivity index (χ0v) is 18.8. The summed E-state index contributed by atoms with van der Waals surface area (Å²) in [6, 6.07) is 13.5. The van der Waals surface area contributed by atoms with Gasteiger partial charge >= 0.3 is 0 Å². The SMILES string of the molecule is COc1ccc(N(CC(=O)NC2CCCCC2)S(=O)(=O)c2cccc3cnccc23)cc1. The van der Waals surface area contributed by atoms with Crippen LogP contribution in [0, 0.1) is 0 Å². The van der Waals surface area contributed by atoms with Crippen LogP contribution in [0.15, 0.2) is 65.8 Å². The van der Waals surface area contributed by atoms with Crippen LogP contribution < -0.4 is 14.4 Å². The lowest BCUT2D eigenvalue weighted by Crippen LogP contribution is -2.45. The molecule has 32 heavy (non-hydrogen) atoms. The molecule has 1 fully saturated rings. The van der Waals surface area contributed by atoms with E-state index in [1.165, 1.54) is 10.7 Å². The van der Waals surface area contributed by atoms with Gasteiger partial charge in [-0.05, 0) is 49.2 Å². The number of carbonyl (C=O) groups is 1. The Labute approximate surface area is 188 Å². The normalized spacial score (nSPS) is 14.8. The van der Waals surface area contributed by atoms with Crippen molar-refractivity contribution in [3.8, 4) is 5.75 Å². The summed E-state index contributed by atoms with van der Waals surface area (Å²) in [4.78, 5) is 17.1. The van der Waals surface area contributed by atoms with E-state index in [-0.39, 0.29) is 23.4 Å². The van der Waals surface area contributed by atoms with E-state index >= 15 is 0 Å². The summed E-state index contributed by atoms with van der Waals surface area (Å²) in [6.45, 7) is -0.299. The monoisotopic (exact) mass is 453 g/mol. The molecule has 2 aromatic carbocycles. The Balaban J connectivity index is 1.71. The van der Waals surface area contributed by atoms with Crippen molar-refractivity contribution in [3.63, 3.8) is 0 Å². The van der Waals surface area contributed by atoms with Crippen molar-refractivity contribution in [2.45, 2.75) is 43.0 Å². The summed E-state index contributed by atoms with van der Waals surface area (Å²) in [5, 5.41) is 4.30. The van der Waals surface area contributed by atoms with Gasteiger partial charge in [0.25, 0.3) is 10.0 Å². The Morgan fingerprint density at radius 1 is 1.09 bits per heavy atom. The second-order valence-electron chi connectivity index (χ2n) is 7.97. The molecule has 1 amide bonds. The number of amides is 1. The lowest BCUT2D eigenvalue weighted by atomic mass is 9.95. The first-order valence-corrected chi connectivity index (χ1v) is 12.2. The maximum atomic E-state index is 13.8. The van der Waals surface area contributed by atoms with Crippen molar-refractivity contribution in [1.82, 2.24) is 10.3 Å². The van der Waals surface area contributed by atoms with E-state index in [0.717, 1.165) is 31.1 Å².